The highest BCUT2D eigenvalue weighted by molar-refractivity contribution is 5.80. The van der Waals surface area contributed by atoms with Crippen molar-refractivity contribution in [2.75, 3.05) is 13.2 Å². The second-order valence-corrected chi connectivity index (χ2v) is 3.83. The zero-order valence-electron chi connectivity index (χ0n) is 8.65. The van der Waals surface area contributed by atoms with Crippen molar-refractivity contribution >= 4 is 5.97 Å². The van der Waals surface area contributed by atoms with Gasteiger partial charge >= 0.3 is 5.97 Å². The summed E-state index contributed by atoms with van der Waals surface area (Å²) in [6, 6.07) is 2.69. The third kappa shape index (κ3) is 1.67. The van der Waals surface area contributed by atoms with Gasteiger partial charge in [0.15, 0.2) is 0 Å². The van der Waals surface area contributed by atoms with Crippen LogP contribution in [0.1, 0.15) is 18.5 Å². The number of carboxylic acid groups (broad SMARTS) is 1. The molecule has 0 radical (unpaired) electrons. The molecule has 16 heavy (non-hydrogen) atoms. The number of hydrogen-bond donors (Lipinski definition) is 1. The minimum absolute atomic E-state index is 0.0193. The standard InChI is InChI=1S/C11H12FNO3/c12-8-2-1-5-13-9(8)11(10(14)15)3-6-16-7-4-11/h1-2,5H,3-4,6-7H2,(H,14,15). The van der Waals surface area contributed by atoms with Crippen LogP contribution in [0.2, 0.25) is 0 Å². The number of halogens is 1. The number of aromatic nitrogens is 1. The molecule has 0 amide bonds. The Morgan fingerprint density at radius 3 is 2.75 bits per heavy atom. The Morgan fingerprint density at radius 1 is 1.50 bits per heavy atom. The maximum atomic E-state index is 13.6. The van der Waals surface area contributed by atoms with Gasteiger partial charge in [-0.05, 0) is 25.0 Å². The number of ether oxygens (including phenoxy) is 1. The first-order valence-corrected chi connectivity index (χ1v) is 5.09. The lowest BCUT2D eigenvalue weighted by Crippen LogP contribution is -2.42. The zero-order valence-corrected chi connectivity index (χ0v) is 8.65. The van der Waals surface area contributed by atoms with Crippen molar-refractivity contribution in [2.45, 2.75) is 18.3 Å². The smallest absolute Gasteiger partial charge is 0.316 e. The van der Waals surface area contributed by atoms with E-state index in [1.807, 2.05) is 0 Å². The van der Waals surface area contributed by atoms with Crippen LogP contribution in [0, 0.1) is 5.82 Å². The predicted molar refractivity (Wildman–Crippen MR) is 53.6 cm³/mol. The highest BCUT2D eigenvalue weighted by Crippen LogP contribution is 2.35. The SMILES string of the molecule is O=C(O)C1(c2ncccc2F)CCOCC1. The van der Waals surface area contributed by atoms with E-state index >= 15 is 0 Å². The van der Waals surface area contributed by atoms with Gasteiger partial charge in [0.1, 0.15) is 11.2 Å². The molecule has 0 aliphatic carbocycles. The Balaban J connectivity index is 2.47. The van der Waals surface area contributed by atoms with Gasteiger partial charge in [0.2, 0.25) is 0 Å². The van der Waals surface area contributed by atoms with E-state index in [0.29, 0.717) is 13.2 Å². The number of nitrogens with zero attached hydrogens (tertiary/aromatic N) is 1. The van der Waals surface area contributed by atoms with Crippen LogP contribution >= 0.6 is 0 Å². The van der Waals surface area contributed by atoms with Crippen LogP contribution in [0.3, 0.4) is 0 Å². The summed E-state index contributed by atoms with van der Waals surface area (Å²) in [5, 5.41) is 9.30. The lowest BCUT2D eigenvalue weighted by atomic mass is 9.77. The van der Waals surface area contributed by atoms with Crippen molar-refractivity contribution in [1.82, 2.24) is 4.98 Å². The Hall–Kier alpha value is -1.49. The van der Waals surface area contributed by atoms with Crippen molar-refractivity contribution in [3.8, 4) is 0 Å². The van der Waals surface area contributed by atoms with Crippen molar-refractivity contribution in [2.24, 2.45) is 0 Å². The average Bonchev–Trinajstić information content (AvgIpc) is 2.30. The van der Waals surface area contributed by atoms with E-state index < -0.39 is 17.2 Å². The largest absolute Gasteiger partial charge is 0.481 e. The molecule has 1 aliphatic heterocycles. The Bertz CT molecular complexity index is 402. The summed E-state index contributed by atoms with van der Waals surface area (Å²) in [5.74, 6) is -1.60. The molecule has 1 aliphatic rings. The van der Waals surface area contributed by atoms with Gasteiger partial charge < -0.3 is 9.84 Å². The van der Waals surface area contributed by atoms with E-state index in [4.69, 9.17) is 4.74 Å². The first kappa shape index (κ1) is 11.0. The fourth-order valence-electron chi connectivity index (χ4n) is 2.01. The normalized spacial score (nSPS) is 19.3. The van der Waals surface area contributed by atoms with Crippen LogP contribution < -0.4 is 0 Å². The molecule has 1 saturated heterocycles. The van der Waals surface area contributed by atoms with E-state index in [9.17, 15) is 14.3 Å². The maximum absolute atomic E-state index is 13.6. The first-order valence-electron chi connectivity index (χ1n) is 5.09. The molecule has 2 heterocycles. The molecular formula is C11H12FNO3. The molecule has 0 aromatic carbocycles. The van der Waals surface area contributed by atoms with Crippen molar-refractivity contribution in [3.05, 3.63) is 29.8 Å². The van der Waals surface area contributed by atoms with Gasteiger partial charge in [-0.3, -0.25) is 9.78 Å². The van der Waals surface area contributed by atoms with Crippen LogP contribution in [0.25, 0.3) is 0 Å². The summed E-state index contributed by atoms with van der Waals surface area (Å²) >= 11 is 0. The van der Waals surface area contributed by atoms with Gasteiger partial charge in [-0.2, -0.15) is 0 Å². The molecule has 0 unspecified atom stereocenters. The first-order chi connectivity index (χ1) is 7.67. The van der Waals surface area contributed by atoms with Gasteiger partial charge in [0.05, 0.1) is 5.69 Å². The Morgan fingerprint density at radius 2 is 2.19 bits per heavy atom. The number of rotatable bonds is 2. The van der Waals surface area contributed by atoms with Crippen molar-refractivity contribution in [3.63, 3.8) is 0 Å². The molecular weight excluding hydrogens is 213 g/mol. The Kier molecular flexibility index (Phi) is 2.87. The lowest BCUT2D eigenvalue weighted by Gasteiger charge is -2.32. The van der Waals surface area contributed by atoms with Gasteiger partial charge in [-0.1, -0.05) is 0 Å². The molecule has 0 spiro atoms. The topological polar surface area (TPSA) is 59.4 Å². The molecule has 86 valence electrons. The van der Waals surface area contributed by atoms with E-state index in [0.717, 1.165) is 0 Å². The number of hydrogen-bond acceptors (Lipinski definition) is 3. The molecule has 5 heteroatoms. The molecule has 4 nitrogen and oxygen atoms in total. The van der Waals surface area contributed by atoms with E-state index in [1.165, 1.54) is 18.3 Å². The molecule has 0 atom stereocenters. The fraction of sp³-hybridized carbons (Fsp3) is 0.455. The third-order valence-electron chi connectivity index (χ3n) is 2.97. The Labute approximate surface area is 92.1 Å². The number of carbonyl (C=O) groups is 1. The molecule has 2 rings (SSSR count). The zero-order chi connectivity index (χ0) is 11.6. The average molecular weight is 225 g/mol. The van der Waals surface area contributed by atoms with Crippen LogP contribution in [0.4, 0.5) is 4.39 Å². The fourth-order valence-corrected chi connectivity index (χ4v) is 2.01. The van der Waals surface area contributed by atoms with E-state index in [2.05, 4.69) is 4.98 Å². The van der Waals surface area contributed by atoms with Crippen LogP contribution in [-0.4, -0.2) is 29.3 Å². The molecule has 0 saturated carbocycles. The second kappa shape index (κ2) is 4.17. The number of aliphatic carboxylic acids is 1. The third-order valence-corrected chi connectivity index (χ3v) is 2.97. The molecule has 0 bridgehead atoms. The minimum Gasteiger partial charge on any atom is -0.481 e. The summed E-state index contributed by atoms with van der Waals surface area (Å²) in [6.07, 6.45) is 1.94. The monoisotopic (exact) mass is 225 g/mol. The van der Waals surface area contributed by atoms with Crippen LogP contribution in [-0.2, 0) is 14.9 Å². The van der Waals surface area contributed by atoms with Crippen LogP contribution in [0.15, 0.2) is 18.3 Å². The summed E-state index contributed by atoms with van der Waals surface area (Å²) in [7, 11) is 0. The van der Waals surface area contributed by atoms with Gasteiger partial charge in [-0.15, -0.1) is 0 Å². The molecule has 1 N–H and O–H groups in total. The van der Waals surface area contributed by atoms with E-state index in [-0.39, 0.29) is 18.5 Å². The van der Waals surface area contributed by atoms with Crippen molar-refractivity contribution < 1.29 is 19.0 Å². The van der Waals surface area contributed by atoms with Gasteiger partial charge in [0.25, 0.3) is 0 Å². The van der Waals surface area contributed by atoms with Gasteiger partial charge in [0, 0.05) is 19.4 Å². The highest BCUT2D eigenvalue weighted by atomic mass is 19.1. The number of pyridine rings is 1. The maximum Gasteiger partial charge on any atom is 0.316 e. The summed E-state index contributed by atoms with van der Waals surface area (Å²) in [4.78, 5) is 15.3. The summed E-state index contributed by atoms with van der Waals surface area (Å²) < 4.78 is 18.7. The quantitative estimate of drug-likeness (QED) is 0.825. The highest BCUT2D eigenvalue weighted by Gasteiger charge is 2.44. The van der Waals surface area contributed by atoms with Crippen LogP contribution in [0.5, 0.6) is 0 Å². The lowest BCUT2D eigenvalue weighted by molar-refractivity contribution is -0.148. The van der Waals surface area contributed by atoms with E-state index in [1.54, 1.807) is 0 Å². The van der Waals surface area contributed by atoms with Crippen molar-refractivity contribution in [1.29, 1.82) is 0 Å². The molecule has 1 aromatic heterocycles. The summed E-state index contributed by atoms with van der Waals surface area (Å²) in [6.45, 7) is 0.643. The van der Waals surface area contributed by atoms with Gasteiger partial charge in [-0.25, -0.2) is 4.39 Å². The molecule has 1 fully saturated rings. The summed E-state index contributed by atoms with van der Waals surface area (Å²) in [5.41, 5.74) is -1.21. The second-order valence-electron chi connectivity index (χ2n) is 3.83. The minimum atomic E-state index is -1.23. The molecule has 1 aromatic rings. The predicted octanol–water partition coefficient (Wildman–Crippen LogP) is 1.35. The number of carboxylic acids is 1.